The van der Waals surface area contributed by atoms with Crippen molar-refractivity contribution in [1.29, 1.82) is 0 Å². The van der Waals surface area contributed by atoms with Gasteiger partial charge in [-0.05, 0) is 30.2 Å². The van der Waals surface area contributed by atoms with Crippen molar-refractivity contribution in [2.45, 2.75) is 37.9 Å². The van der Waals surface area contributed by atoms with E-state index in [-0.39, 0.29) is 0 Å². The Bertz CT molecular complexity index is 572. The average Bonchev–Trinajstić information content (AvgIpc) is 3.13. The molecule has 0 amide bonds. The number of methoxy groups -OCH3 is 1. The number of ether oxygens (including phenoxy) is 1. The highest BCUT2D eigenvalue weighted by molar-refractivity contribution is 7.84. The van der Waals surface area contributed by atoms with E-state index in [1.807, 2.05) is 30.3 Å². The molecule has 0 bridgehead atoms. The Morgan fingerprint density at radius 2 is 1.96 bits per heavy atom. The van der Waals surface area contributed by atoms with Crippen molar-refractivity contribution < 1.29 is 8.95 Å². The van der Waals surface area contributed by atoms with E-state index in [1.165, 1.54) is 25.7 Å². The molecule has 6 heteroatoms. The summed E-state index contributed by atoms with van der Waals surface area (Å²) in [6.07, 6.45) is 6.20. The summed E-state index contributed by atoms with van der Waals surface area (Å²) < 4.78 is 17.5. The first-order valence-electron chi connectivity index (χ1n) is 9.50. The Kier molecular flexibility index (Phi) is 9.12. The minimum absolute atomic E-state index is 0.323. The van der Waals surface area contributed by atoms with Crippen LogP contribution in [0.3, 0.4) is 0 Å². The van der Waals surface area contributed by atoms with Crippen LogP contribution >= 0.6 is 0 Å². The van der Waals surface area contributed by atoms with Crippen molar-refractivity contribution in [1.82, 2.24) is 10.6 Å². The minimum Gasteiger partial charge on any atom is -0.385 e. The fourth-order valence-corrected chi connectivity index (χ4v) is 4.60. The van der Waals surface area contributed by atoms with Crippen molar-refractivity contribution >= 4 is 16.8 Å². The molecule has 1 saturated carbocycles. The second-order valence-electron chi connectivity index (χ2n) is 7.08. The van der Waals surface area contributed by atoms with E-state index in [0.29, 0.717) is 23.5 Å². The molecule has 26 heavy (non-hydrogen) atoms. The van der Waals surface area contributed by atoms with Crippen LogP contribution in [0.2, 0.25) is 0 Å². The molecule has 0 heterocycles. The molecule has 146 valence electrons. The van der Waals surface area contributed by atoms with Gasteiger partial charge in [0.05, 0.1) is 0 Å². The third-order valence-electron chi connectivity index (χ3n) is 5.15. The summed E-state index contributed by atoms with van der Waals surface area (Å²) in [5, 5.41) is 6.77. The number of rotatable bonds is 10. The highest BCUT2D eigenvalue weighted by Crippen LogP contribution is 2.40. The lowest BCUT2D eigenvalue weighted by Gasteiger charge is -2.29. The van der Waals surface area contributed by atoms with E-state index in [9.17, 15) is 4.21 Å². The maximum absolute atomic E-state index is 12.2. The van der Waals surface area contributed by atoms with Gasteiger partial charge in [0.1, 0.15) is 0 Å². The number of guanidine groups is 1. The van der Waals surface area contributed by atoms with Gasteiger partial charge in [-0.1, -0.05) is 43.2 Å². The largest absolute Gasteiger partial charge is 0.385 e. The van der Waals surface area contributed by atoms with Gasteiger partial charge in [-0.3, -0.25) is 9.20 Å². The molecule has 1 aliphatic rings. The summed E-state index contributed by atoms with van der Waals surface area (Å²) in [7, 11) is 2.68. The maximum Gasteiger partial charge on any atom is 0.191 e. The highest BCUT2D eigenvalue weighted by atomic mass is 32.2. The van der Waals surface area contributed by atoms with Crippen LogP contribution in [0.1, 0.15) is 37.7 Å². The molecule has 2 N–H and O–H groups in total. The van der Waals surface area contributed by atoms with E-state index >= 15 is 0 Å². The third-order valence-corrected chi connectivity index (χ3v) is 6.46. The van der Waals surface area contributed by atoms with Crippen LogP contribution in [-0.2, 0) is 21.3 Å². The van der Waals surface area contributed by atoms with Crippen LogP contribution in [0.4, 0.5) is 0 Å². The van der Waals surface area contributed by atoms with Crippen LogP contribution in [0.25, 0.3) is 0 Å². The summed E-state index contributed by atoms with van der Waals surface area (Å²) in [6, 6.07) is 9.99. The number of hydrogen-bond acceptors (Lipinski definition) is 3. The lowest BCUT2D eigenvalue weighted by Crippen LogP contribution is -2.44. The standard InChI is InChI=1S/C20H33N3O2S/c1-21-19(23-17-20(12-14-25-2)10-6-7-11-20)22-13-15-26(24)16-18-8-4-3-5-9-18/h3-5,8-9H,6-7,10-17H2,1-2H3,(H2,21,22,23). The van der Waals surface area contributed by atoms with E-state index in [4.69, 9.17) is 4.74 Å². The number of aliphatic imine (C=N–C) groups is 1. The van der Waals surface area contributed by atoms with Crippen LogP contribution in [0.15, 0.2) is 35.3 Å². The summed E-state index contributed by atoms with van der Waals surface area (Å²) in [6.45, 7) is 2.39. The first-order chi connectivity index (χ1) is 12.7. The lowest BCUT2D eigenvalue weighted by atomic mass is 9.83. The molecule has 1 aromatic rings. The molecule has 0 saturated heterocycles. The monoisotopic (exact) mass is 379 g/mol. The normalized spacial score (nSPS) is 17.8. The molecule has 1 atom stereocenters. The predicted molar refractivity (Wildman–Crippen MR) is 110 cm³/mol. The van der Waals surface area contributed by atoms with Gasteiger partial charge in [0, 0.05) is 56.2 Å². The molecule has 5 nitrogen and oxygen atoms in total. The van der Waals surface area contributed by atoms with Gasteiger partial charge in [0.25, 0.3) is 0 Å². The van der Waals surface area contributed by atoms with Crippen LogP contribution in [0, 0.1) is 5.41 Å². The topological polar surface area (TPSA) is 62.7 Å². The van der Waals surface area contributed by atoms with Crippen molar-refractivity contribution in [3.63, 3.8) is 0 Å². The predicted octanol–water partition coefficient (Wildman–Crippen LogP) is 2.70. The Balaban J connectivity index is 1.71. The molecular weight excluding hydrogens is 346 g/mol. The zero-order valence-corrected chi connectivity index (χ0v) is 16.9. The third kappa shape index (κ3) is 7.08. The number of nitrogens with zero attached hydrogens (tertiary/aromatic N) is 1. The molecule has 1 unspecified atom stereocenters. The second kappa shape index (κ2) is 11.3. The van der Waals surface area contributed by atoms with E-state index in [1.54, 1.807) is 14.2 Å². The van der Waals surface area contributed by atoms with Gasteiger partial charge < -0.3 is 15.4 Å². The Morgan fingerprint density at radius 3 is 2.62 bits per heavy atom. The van der Waals surface area contributed by atoms with Crippen LogP contribution in [0.5, 0.6) is 0 Å². The van der Waals surface area contributed by atoms with Gasteiger partial charge >= 0.3 is 0 Å². The first-order valence-corrected chi connectivity index (χ1v) is 11.0. The minimum atomic E-state index is -0.870. The zero-order valence-electron chi connectivity index (χ0n) is 16.1. The number of nitrogens with one attached hydrogen (secondary N) is 2. The number of benzene rings is 1. The summed E-state index contributed by atoms with van der Waals surface area (Å²) in [4.78, 5) is 4.31. The van der Waals surface area contributed by atoms with Crippen LogP contribution < -0.4 is 10.6 Å². The fourth-order valence-electron chi connectivity index (χ4n) is 3.57. The van der Waals surface area contributed by atoms with E-state index < -0.39 is 10.8 Å². The average molecular weight is 380 g/mol. The van der Waals surface area contributed by atoms with Gasteiger partial charge in [-0.2, -0.15) is 0 Å². The highest BCUT2D eigenvalue weighted by Gasteiger charge is 2.33. The molecule has 0 aliphatic heterocycles. The molecule has 0 radical (unpaired) electrons. The second-order valence-corrected chi connectivity index (χ2v) is 8.65. The summed E-state index contributed by atoms with van der Waals surface area (Å²) >= 11 is 0. The molecule has 1 aliphatic carbocycles. The van der Waals surface area contributed by atoms with Crippen molar-refractivity contribution in [3.05, 3.63) is 35.9 Å². The molecule has 1 aromatic carbocycles. The van der Waals surface area contributed by atoms with Gasteiger partial charge in [0.15, 0.2) is 5.96 Å². The van der Waals surface area contributed by atoms with Gasteiger partial charge in [0.2, 0.25) is 0 Å². The van der Waals surface area contributed by atoms with Gasteiger partial charge in [-0.15, -0.1) is 0 Å². The molecule has 1 fully saturated rings. The molecule has 2 rings (SSSR count). The fraction of sp³-hybridized carbons (Fsp3) is 0.650. The van der Waals surface area contributed by atoms with Crippen molar-refractivity contribution in [2.24, 2.45) is 10.4 Å². The quantitative estimate of drug-likeness (QED) is 0.485. The molecule has 0 spiro atoms. The summed E-state index contributed by atoms with van der Waals surface area (Å²) in [5.41, 5.74) is 1.44. The Morgan fingerprint density at radius 1 is 1.23 bits per heavy atom. The summed E-state index contributed by atoms with van der Waals surface area (Å²) in [5.74, 6) is 2.02. The maximum atomic E-state index is 12.2. The molecular formula is C20H33N3O2S. The van der Waals surface area contributed by atoms with Crippen LogP contribution in [-0.4, -0.2) is 49.8 Å². The Hall–Kier alpha value is -1.40. The zero-order chi connectivity index (χ0) is 18.7. The van der Waals surface area contributed by atoms with Crippen molar-refractivity contribution in [3.8, 4) is 0 Å². The Labute approximate surface area is 160 Å². The SMILES string of the molecule is CN=C(NCCS(=O)Cc1ccccc1)NCC1(CCOC)CCCC1. The van der Waals surface area contributed by atoms with E-state index in [2.05, 4.69) is 15.6 Å². The first kappa shape index (κ1) is 20.9. The lowest BCUT2D eigenvalue weighted by molar-refractivity contribution is 0.138. The number of hydrogen-bond donors (Lipinski definition) is 2. The van der Waals surface area contributed by atoms with E-state index in [0.717, 1.165) is 31.1 Å². The smallest absolute Gasteiger partial charge is 0.191 e. The van der Waals surface area contributed by atoms with Gasteiger partial charge in [-0.25, -0.2) is 0 Å². The van der Waals surface area contributed by atoms with Crippen molar-refractivity contribution in [2.75, 3.05) is 39.6 Å². The molecule has 0 aromatic heterocycles.